The van der Waals surface area contributed by atoms with Gasteiger partial charge in [-0.3, -0.25) is 24.1 Å². The van der Waals surface area contributed by atoms with Crippen molar-refractivity contribution < 1.29 is 19.2 Å². The van der Waals surface area contributed by atoms with E-state index in [1.54, 1.807) is 21.9 Å². The Morgan fingerprint density at radius 3 is 2.53 bits per heavy atom. The number of anilines is 1. The summed E-state index contributed by atoms with van der Waals surface area (Å²) in [4.78, 5) is 55.2. The van der Waals surface area contributed by atoms with Gasteiger partial charge < -0.3 is 15.5 Å². The summed E-state index contributed by atoms with van der Waals surface area (Å²) in [6, 6.07) is 16.4. The molecule has 188 valence electrons. The maximum atomic E-state index is 13.4. The van der Waals surface area contributed by atoms with Crippen LogP contribution in [0.15, 0.2) is 54.6 Å². The Morgan fingerprint density at radius 1 is 1.06 bits per heavy atom. The third-order valence-corrected chi connectivity index (χ3v) is 7.39. The van der Waals surface area contributed by atoms with E-state index in [1.807, 2.05) is 49.4 Å². The first-order chi connectivity index (χ1) is 17.4. The quantitative estimate of drug-likeness (QED) is 0.567. The lowest BCUT2D eigenvalue weighted by Gasteiger charge is -2.48. The maximum absolute atomic E-state index is 13.4. The summed E-state index contributed by atoms with van der Waals surface area (Å²) >= 11 is 0. The van der Waals surface area contributed by atoms with E-state index in [0.717, 1.165) is 18.4 Å². The molecule has 2 aromatic carbocycles. The topological polar surface area (TPSA) is 98.8 Å². The molecule has 1 saturated heterocycles. The van der Waals surface area contributed by atoms with Crippen molar-refractivity contribution in [2.45, 2.75) is 69.6 Å². The average Bonchev–Trinajstić information content (AvgIpc) is 3.63. The van der Waals surface area contributed by atoms with Crippen molar-refractivity contribution in [2.24, 2.45) is 0 Å². The predicted octanol–water partition coefficient (Wildman–Crippen LogP) is 2.77. The summed E-state index contributed by atoms with van der Waals surface area (Å²) < 4.78 is 0. The highest BCUT2D eigenvalue weighted by Crippen LogP contribution is 2.44. The standard InChI is InChI=1S/C28H32N4O4/c1-28-16-15-25(34)32(28)23-11-6-5-10-21(23)27(36)31(28)17-7-12-24(33)30-22(26(35)29-20-13-14-20)18-19-8-3-2-4-9-19/h2-6,8-11,20,22H,7,12-18H2,1H3,(H,29,35)(H,30,33). The van der Waals surface area contributed by atoms with Crippen molar-refractivity contribution in [1.29, 1.82) is 0 Å². The molecule has 2 N–H and O–H groups in total. The molecule has 2 fully saturated rings. The molecule has 4 amide bonds. The normalized spacial score (nSPS) is 21.6. The van der Waals surface area contributed by atoms with Crippen LogP contribution < -0.4 is 15.5 Å². The van der Waals surface area contributed by atoms with E-state index in [2.05, 4.69) is 10.6 Å². The molecule has 0 aromatic heterocycles. The molecule has 0 radical (unpaired) electrons. The van der Waals surface area contributed by atoms with Gasteiger partial charge >= 0.3 is 0 Å². The summed E-state index contributed by atoms with van der Waals surface area (Å²) in [5.41, 5.74) is 1.41. The largest absolute Gasteiger partial charge is 0.352 e. The van der Waals surface area contributed by atoms with Gasteiger partial charge in [0, 0.05) is 31.8 Å². The number of carbonyl (C=O) groups is 4. The second-order valence-electron chi connectivity index (χ2n) is 10.1. The van der Waals surface area contributed by atoms with Crippen molar-refractivity contribution in [2.75, 3.05) is 11.4 Å². The number of hydrogen-bond acceptors (Lipinski definition) is 4. The lowest BCUT2D eigenvalue weighted by atomic mass is 9.98. The van der Waals surface area contributed by atoms with Gasteiger partial charge in [0.1, 0.15) is 11.7 Å². The molecule has 36 heavy (non-hydrogen) atoms. The third kappa shape index (κ3) is 4.72. The smallest absolute Gasteiger partial charge is 0.257 e. The number of hydrogen-bond donors (Lipinski definition) is 2. The van der Waals surface area contributed by atoms with Crippen molar-refractivity contribution in [3.63, 3.8) is 0 Å². The zero-order valence-corrected chi connectivity index (χ0v) is 20.5. The third-order valence-electron chi connectivity index (χ3n) is 7.39. The SMILES string of the molecule is CC12CCC(=O)N1c1ccccc1C(=O)N2CCCC(=O)NC(Cc1ccccc1)C(=O)NC1CC1. The van der Waals surface area contributed by atoms with Gasteiger partial charge in [-0.1, -0.05) is 42.5 Å². The summed E-state index contributed by atoms with van der Waals surface area (Å²) in [6.45, 7) is 2.27. The molecule has 0 spiro atoms. The molecule has 8 heteroatoms. The minimum Gasteiger partial charge on any atom is -0.352 e. The van der Waals surface area contributed by atoms with Crippen LogP contribution in [0.1, 0.15) is 61.4 Å². The maximum Gasteiger partial charge on any atom is 0.257 e. The molecule has 3 aliphatic rings. The van der Waals surface area contributed by atoms with Gasteiger partial charge in [-0.25, -0.2) is 0 Å². The van der Waals surface area contributed by atoms with Gasteiger partial charge in [-0.2, -0.15) is 0 Å². The van der Waals surface area contributed by atoms with E-state index in [9.17, 15) is 19.2 Å². The van der Waals surface area contributed by atoms with Crippen LogP contribution in [0.5, 0.6) is 0 Å². The van der Waals surface area contributed by atoms with Crippen molar-refractivity contribution >= 4 is 29.3 Å². The average molecular weight is 489 g/mol. The molecule has 2 aliphatic heterocycles. The highest BCUT2D eigenvalue weighted by atomic mass is 16.2. The van der Waals surface area contributed by atoms with Crippen LogP contribution in [-0.4, -0.2) is 52.8 Å². The predicted molar refractivity (Wildman–Crippen MR) is 135 cm³/mol. The molecule has 2 aromatic rings. The molecular weight excluding hydrogens is 456 g/mol. The first-order valence-corrected chi connectivity index (χ1v) is 12.7. The number of fused-ring (bicyclic) bond motifs is 3. The van der Waals surface area contributed by atoms with E-state index in [0.29, 0.717) is 43.5 Å². The van der Waals surface area contributed by atoms with Crippen LogP contribution >= 0.6 is 0 Å². The van der Waals surface area contributed by atoms with Crippen molar-refractivity contribution in [3.8, 4) is 0 Å². The van der Waals surface area contributed by atoms with Crippen LogP contribution in [0.4, 0.5) is 5.69 Å². The van der Waals surface area contributed by atoms with Gasteiger partial charge in [-0.05, 0) is 50.3 Å². The van der Waals surface area contributed by atoms with E-state index >= 15 is 0 Å². The molecule has 0 bridgehead atoms. The second-order valence-corrected chi connectivity index (χ2v) is 10.1. The molecule has 5 rings (SSSR count). The van der Waals surface area contributed by atoms with Gasteiger partial charge in [0.15, 0.2) is 0 Å². The van der Waals surface area contributed by atoms with Gasteiger partial charge in [0.05, 0.1) is 11.3 Å². The minimum absolute atomic E-state index is 0.00521. The van der Waals surface area contributed by atoms with Gasteiger partial charge in [0.2, 0.25) is 17.7 Å². The number of amides is 4. The molecule has 1 aliphatic carbocycles. The van der Waals surface area contributed by atoms with Crippen LogP contribution in [0, 0.1) is 0 Å². The lowest BCUT2D eigenvalue weighted by molar-refractivity contribution is -0.129. The monoisotopic (exact) mass is 488 g/mol. The fourth-order valence-corrected chi connectivity index (χ4v) is 5.29. The number of carbonyl (C=O) groups excluding carboxylic acids is 4. The summed E-state index contributed by atoms with van der Waals surface area (Å²) in [5, 5.41) is 5.90. The zero-order chi connectivity index (χ0) is 25.3. The Balaban J connectivity index is 1.23. The zero-order valence-electron chi connectivity index (χ0n) is 20.5. The fraction of sp³-hybridized carbons (Fsp3) is 0.429. The first-order valence-electron chi connectivity index (χ1n) is 12.7. The minimum atomic E-state index is -0.737. The van der Waals surface area contributed by atoms with Gasteiger partial charge in [-0.15, -0.1) is 0 Å². The van der Waals surface area contributed by atoms with E-state index in [-0.39, 0.29) is 36.1 Å². The molecule has 2 unspecified atom stereocenters. The number of rotatable bonds is 9. The number of nitrogens with one attached hydrogen (secondary N) is 2. The Hall–Kier alpha value is -3.68. The highest BCUT2D eigenvalue weighted by Gasteiger charge is 2.52. The van der Waals surface area contributed by atoms with Crippen LogP contribution in [-0.2, 0) is 20.8 Å². The number of nitrogens with zero attached hydrogens (tertiary/aromatic N) is 2. The molecular formula is C28H32N4O4. The Bertz CT molecular complexity index is 1180. The molecule has 2 heterocycles. The van der Waals surface area contributed by atoms with Crippen LogP contribution in [0.3, 0.4) is 0 Å². The number of para-hydroxylation sites is 1. The lowest BCUT2D eigenvalue weighted by Crippen LogP contribution is -2.62. The second kappa shape index (κ2) is 9.76. The summed E-state index contributed by atoms with van der Waals surface area (Å²) in [6.07, 6.45) is 3.91. The molecule has 1 saturated carbocycles. The van der Waals surface area contributed by atoms with E-state index in [4.69, 9.17) is 0 Å². The Labute approximate surface area is 211 Å². The first kappa shape index (κ1) is 24.0. The fourth-order valence-electron chi connectivity index (χ4n) is 5.29. The summed E-state index contributed by atoms with van der Waals surface area (Å²) in [5.74, 6) is -0.503. The summed E-state index contributed by atoms with van der Waals surface area (Å²) in [7, 11) is 0. The highest BCUT2D eigenvalue weighted by molar-refractivity contribution is 6.10. The van der Waals surface area contributed by atoms with Crippen molar-refractivity contribution in [1.82, 2.24) is 15.5 Å². The van der Waals surface area contributed by atoms with Crippen LogP contribution in [0.2, 0.25) is 0 Å². The number of benzene rings is 2. The van der Waals surface area contributed by atoms with E-state index < -0.39 is 11.7 Å². The van der Waals surface area contributed by atoms with Crippen LogP contribution in [0.25, 0.3) is 0 Å². The molecule has 8 nitrogen and oxygen atoms in total. The Morgan fingerprint density at radius 2 is 1.78 bits per heavy atom. The Kier molecular flexibility index (Phi) is 6.51. The van der Waals surface area contributed by atoms with E-state index in [1.165, 1.54) is 0 Å². The van der Waals surface area contributed by atoms with Gasteiger partial charge in [0.25, 0.3) is 5.91 Å². The van der Waals surface area contributed by atoms with Crippen molar-refractivity contribution in [3.05, 3.63) is 65.7 Å². The molecule has 2 atom stereocenters.